The van der Waals surface area contributed by atoms with Gasteiger partial charge in [-0.3, -0.25) is 14.2 Å². The average Bonchev–Trinajstić information content (AvgIpc) is 3.04. The number of nitrogens with zero attached hydrogens (tertiary/aromatic N) is 2. The van der Waals surface area contributed by atoms with Gasteiger partial charge in [-0.1, -0.05) is 69.5 Å². The molecule has 2 heterocycles. The Hall–Kier alpha value is -1.30. The van der Waals surface area contributed by atoms with Crippen molar-refractivity contribution in [2.24, 2.45) is 0 Å². The Kier molecular flexibility index (Phi) is 7.80. The molecule has 3 rings (SSSR count). The van der Waals surface area contributed by atoms with Crippen LogP contribution in [0.15, 0.2) is 16.1 Å². The van der Waals surface area contributed by atoms with Gasteiger partial charge in [-0.2, -0.15) is 0 Å². The molecule has 1 aliphatic heterocycles. The minimum atomic E-state index is -0.0730. The second-order valence-electron chi connectivity index (χ2n) is 8.09. The van der Waals surface area contributed by atoms with Crippen molar-refractivity contribution >= 4 is 17.7 Å². The normalized spacial score (nSPS) is 22.5. The third-order valence-corrected chi connectivity index (χ3v) is 6.90. The van der Waals surface area contributed by atoms with Crippen molar-refractivity contribution in [1.29, 1.82) is 0 Å². The van der Waals surface area contributed by atoms with Crippen LogP contribution >= 0.6 is 11.8 Å². The summed E-state index contributed by atoms with van der Waals surface area (Å²) in [5.41, 5.74) is 0.639. The van der Waals surface area contributed by atoms with Crippen molar-refractivity contribution in [1.82, 2.24) is 14.9 Å². The van der Waals surface area contributed by atoms with Crippen LogP contribution in [0.5, 0.6) is 0 Å². The van der Waals surface area contributed by atoms with Gasteiger partial charge in [-0.05, 0) is 19.8 Å². The predicted molar refractivity (Wildman–Crippen MR) is 110 cm³/mol. The maximum Gasteiger partial charge on any atom is 0.257 e. The fourth-order valence-electron chi connectivity index (χ4n) is 4.18. The molecular formula is C21H33N3O2S. The van der Waals surface area contributed by atoms with Gasteiger partial charge >= 0.3 is 0 Å². The summed E-state index contributed by atoms with van der Waals surface area (Å²) in [4.78, 5) is 29.5. The number of rotatable bonds is 3. The lowest BCUT2D eigenvalue weighted by Gasteiger charge is -2.21. The molecule has 27 heavy (non-hydrogen) atoms. The molecule has 5 nitrogen and oxygen atoms in total. The summed E-state index contributed by atoms with van der Waals surface area (Å²) in [5.74, 6) is 0.836. The van der Waals surface area contributed by atoms with Crippen molar-refractivity contribution in [3.05, 3.63) is 22.1 Å². The van der Waals surface area contributed by atoms with Gasteiger partial charge in [0, 0.05) is 30.0 Å². The predicted octanol–water partition coefficient (Wildman–Crippen LogP) is 4.38. The Bertz CT molecular complexity index is 676. The zero-order chi connectivity index (χ0) is 19.1. The van der Waals surface area contributed by atoms with E-state index in [1.165, 1.54) is 57.8 Å². The zero-order valence-electron chi connectivity index (χ0n) is 16.5. The number of fused-ring (bicyclic) bond motifs is 1. The monoisotopic (exact) mass is 391 g/mol. The third-order valence-electron chi connectivity index (χ3n) is 5.79. The van der Waals surface area contributed by atoms with Crippen molar-refractivity contribution in [3.8, 4) is 0 Å². The fourth-order valence-corrected chi connectivity index (χ4v) is 5.29. The molecule has 0 saturated heterocycles. The van der Waals surface area contributed by atoms with Crippen LogP contribution in [0.4, 0.5) is 0 Å². The lowest BCUT2D eigenvalue weighted by molar-refractivity contribution is -0.122. The molecule has 0 bridgehead atoms. The highest BCUT2D eigenvalue weighted by Gasteiger charge is 2.28. The molecule has 0 radical (unpaired) electrons. The largest absolute Gasteiger partial charge is 0.353 e. The van der Waals surface area contributed by atoms with Crippen molar-refractivity contribution < 1.29 is 4.79 Å². The van der Waals surface area contributed by atoms with Gasteiger partial charge in [0.2, 0.25) is 5.91 Å². The second kappa shape index (κ2) is 10.3. The first-order valence-corrected chi connectivity index (χ1v) is 11.6. The first-order chi connectivity index (χ1) is 13.1. The van der Waals surface area contributed by atoms with Crippen LogP contribution in [0, 0.1) is 6.92 Å². The molecule has 1 saturated carbocycles. The van der Waals surface area contributed by atoms with Gasteiger partial charge in [0.25, 0.3) is 5.56 Å². The molecule has 1 aliphatic carbocycles. The van der Waals surface area contributed by atoms with Crippen LogP contribution in [0.2, 0.25) is 0 Å². The Morgan fingerprint density at radius 2 is 1.70 bits per heavy atom. The summed E-state index contributed by atoms with van der Waals surface area (Å²) in [6.45, 7) is 1.79. The summed E-state index contributed by atoms with van der Waals surface area (Å²) in [6, 6.07) is 0.217. The van der Waals surface area contributed by atoms with Crippen molar-refractivity contribution in [2.75, 3.05) is 5.75 Å². The van der Waals surface area contributed by atoms with E-state index in [1.807, 2.05) is 0 Å². The van der Waals surface area contributed by atoms with Crippen LogP contribution in [0.1, 0.15) is 88.7 Å². The smallest absolute Gasteiger partial charge is 0.257 e. The number of carbonyl (C=O) groups excluding carboxylic acids is 1. The highest BCUT2D eigenvalue weighted by atomic mass is 32.2. The lowest BCUT2D eigenvalue weighted by atomic mass is 9.97. The maximum absolute atomic E-state index is 12.7. The Morgan fingerprint density at radius 1 is 1.11 bits per heavy atom. The topological polar surface area (TPSA) is 64.0 Å². The molecular weight excluding hydrogens is 358 g/mol. The van der Waals surface area contributed by atoms with Crippen molar-refractivity contribution in [3.63, 3.8) is 0 Å². The number of amides is 1. The number of aromatic nitrogens is 2. The molecule has 0 aromatic carbocycles. The molecule has 1 N–H and O–H groups in total. The van der Waals surface area contributed by atoms with Gasteiger partial charge in [-0.25, -0.2) is 4.98 Å². The van der Waals surface area contributed by atoms with Gasteiger partial charge in [0.15, 0.2) is 5.16 Å². The molecule has 1 unspecified atom stereocenters. The van der Waals surface area contributed by atoms with Crippen molar-refractivity contribution in [2.45, 2.75) is 101 Å². The molecule has 0 spiro atoms. The van der Waals surface area contributed by atoms with Gasteiger partial charge in [0.05, 0.1) is 6.04 Å². The SMILES string of the molecule is Cc1cnc2n(c1=O)C(CC(=O)NC1CCCCCCCCCCC1)CS2. The van der Waals surface area contributed by atoms with E-state index in [2.05, 4.69) is 10.3 Å². The van der Waals surface area contributed by atoms with E-state index in [1.54, 1.807) is 29.4 Å². The van der Waals surface area contributed by atoms with E-state index >= 15 is 0 Å². The molecule has 1 aromatic rings. The number of hydrogen-bond acceptors (Lipinski definition) is 4. The number of carbonyl (C=O) groups is 1. The van der Waals surface area contributed by atoms with Crippen LogP contribution in [-0.4, -0.2) is 27.3 Å². The molecule has 6 heteroatoms. The molecule has 1 fully saturated rings. The van der Waals surface area contributed by atoms with E-state index < -0.39 is 0 Å². The lowest BCUT2D eigenvalue weighted by Crippen LogP contribution is -2.37. The first kappa shape index (κ1) is 20.4. The quantitative estimate of drug-likeness (QED) is 0.777. The zero-order valence-corrected chi connectivity index (χ0v) is 17.4. The molecule has 1 atom stereocenters. The Labute approximate surface area is 166 Å². The standard InChI is InChI=1S/C21H33N3O2S/c1-16-14-22-21-24(20(16)26)18(15-27-21)13-19(25)23-17-11-9-7-5-3-2-4-6-8-10-12-17/h14,17-18H,2-13,15H2,1H3,(H,23,25). The summed E-state index contributed by atoms with van der Waals surface area (Å²) < 4.78 is 1.72. The third kappa shape index (κ3) is 5.84. The fraction of sp³-hybridized carbons (Fsp3) is 0.762. The molecule has 150 valence electrons. The highest BCUT2D eigenvalue weighted by molar-refractivity contribution is 7.99. The van der Waals surface area contributed by atoms with Gasteiger partial charge in [-0.15, -0.1) is 0 Å². The number of aryl methyl sites for hydroxylation is 1. The van der Waals surface area contributed by atoms with Crippen LogP contribution in [0.3, 0.4) is 0 Å². The van der Waals surface area contributed by atoms with Crippen LogP contribution in [-0.2, 0) is 4.79 Å². The first-order valence-electron chi connectivity index (χ1n) is 10.7. The number of thioether (sulfide) groups is 1. The number of hydrogen-bond donors (Lipinski definition) is 1. The maximum atomic E-state index is 12.7. The summed E-state index contributed by atoms with van der Waals surface area (Å²) in [7, 11) is 0. The number of nitrogens with one attached hydrogen (secondary N) is 1. The minimum absolute atomic E-state index is 0.00573. The van der Waals surface area contributed by atoms with Crippen LogP contribution < -0.4 is 10.9 Å². The molecule has 1 aromatic heterocycles. The highest BCUT2D eigenvalue weighted by Crippen LogP contribution is 2.31. The Balaban J connectivity index is 1.55. The van der Waals surface area contributed by atoms with E-state index in [0.29, 0.717) is 12.0 Å². The molecule has 2 aliphatic rings. The van der Waals surface area contributed by atoms with E-state index in [9.17, 15) is 9.59 Å². The van der Waals surface area contributed by atoms with Gasteiger partial charge in [0.1, 0.15) is 0 Å². The van der Waals surface area contributed by atoms with Gasteiger partial charge < -0.3 is 5.32 Å². The summed E-state index contributed by atoms with van der Waals surface area (Å²) in [5, 5.41) is 4.02. The molecule has 1 amide bonds. The van der Waals surface area contributed by atoms with E-state index in [4.69, 9.17) is 0 Å². The Morgan fingerprint density at radius 3 is 2.33 bits per heavy atom. The van der Waals surface area contributed by atoms with E-state index in [0.717, 1.165) is 23.8 Å². The average molecular weight is 392 g/mol. The summed E-state index contributed by atoms with van der Waals surface area (Å²) in [6.07, 6.45) is 15.9. The van der Waals surface area contributed by atoms with E-state index in [-0.39, 0.29) is 23.6 Å². The second-order valence-corrected chi connectivity index (χ2v) is 9.08. The summed E-state index contributed by atoms with van der Waals surface area (Å²) >= 11 is 1.57. The minimum Gasteiger partial charge on any atom is -0.353 e. The van der Waals surface area contributed by atoms with Crippen LogP contribution in [0.25, 0.3) is 0 Å².